The molecule has 0 aliphatic heterocycles. The number of carbonyl (C=O) groups is 2. The third-order valence-electron chi connectivity index (χ3n) is 2.45. The van der Waals surface area contributed by atoms with E-state index in [1.165, 1.54) is 24.3 Å². The Kier molecular flexibility index (Phi) is 5.64. The van der Waals surface area contributed by atoms with E-state index in [0.717, 1.165) is 0 Å². The highest BCUT2D eigenvalue weighted by atomic mass is 32.2. The Morgan fingerprint density at radius 2 is 1.76 bits per heavy atom. The van der Waals surface area contributed by atoms with Crippen molar-refractivity contribution in [3.8, 4) is 0 Å². The van der Waals surface area contributed by atoms with Crippen LogP contribution in [0.5, 0.6) is 0 Å². The molecule has 10 heteroatoms. The Morgan fingerprint density at radius 3 is 2.24 bits per heavy atom. The number of amides is 2. The minimum absolute atomic E-state index is 0.0414. The lowest BCUT2D eigenvalue weighted by atomic mass is 10.2. The molecule has 0 fully saturated rings. The van der Waals surface area contributed by atoms with Gasteiger partial charge in [0.05, 0.1) is 11.4 Å². The molecule has 6 N–H and O–H groups in total. The van der Waals surface area contributed by atoms with Gasteiger partial charge in [-0.05, 0) is 17.7 Å². The Hall–Kier alpha value is -2.17. The summed E-state index contributed by atoms with van der Waals surface area (Å²) >= 11 is 0. The molecule has 0 aromatic heterocycles. The molecule has 21 heavy (non-hydrogen) atoms. The smallest absolute Gasteiger partial charge is 0.334 e. The molecule has 116 valence electrons. The zero-order valence-corrected chi connectivity index (χ0v) is 11.6. The van der Waals surface area contributed by atoms with E-state index in [1.54, 1.807) is 0 Å². The van der Waals surface area contributed by atoms with Crippen molar-refractivity contribution in [3.05, 3.63) is 29.8 Å². The van der Waals surface area contributed by atoms with E-state index in [-0.39, 0.29) is 11.4 Å². The number of hydrogen-bond acceptors (Lipinski definition) is 5. The van der Waals surface area contributed by atoms with Crippen LogP contribution in [0.2, 0.25) is 0 Å². The van der Waals surface area contributed by atoms with E-state index in [1.807, 2.05) is 0 Å². The summed E-state index contributed by atoms with van der Waals surface area (Å²) in [5.74, 6) is -1.44. The van der Waals surface area contributed by atoms with E-state index >= 15 is 0 Å². The van der Waals surface area contributed by atoms with Crippen LogP contribution >= 0.6 is 0 Å². The maximum atomic E-state index is 11.3. The summed E-state index contributed by atoms with van der Waals surface area (Å²) in [6.07, 6.45) is -1.68. The molecule has 2 amide bonds. The van der Waals surface area contributed by atoms with Crippen LogP contribution in [0.15, 0.2) is 29.2 Å². The zero-order valence-electron chi connectivity index (χ0n) is 10.8. The number of aliphatic hydroxyl groups is 1. The molecule has 1 aromatic carbocycles. The molecule has 0 aliphatic carbocycles. The van der Waals surface area contributed by atoms with Crippen LogP contribution in [0.1, 0.15) is 5.56 Å². The number of nitrogens with two attached hydrogens (primary N) is 1. The number of sulfonamides is 1. The fourth-order valence-corrected chi connectivity index (χ4v) is 1.83. The van der Waals surface area contributed by atoms with Crippen LogP contribution in [0.25, 0.3) is 0 Å². The summed E-state index contributed by atoms with van der Waals surface area (Å²) in [7, 11) is -3.76. The summed E-state index contributed by atoms with van der Waals surface area (Å²) < 4.78 is 22.1. The van der Waals surface area contributed by atoms with E-state index < -0.39 is 34.7 Å². The molecule has 0 bridgehead atoms. The topological polar surface area (TPSA) is 159 Å². The number of rotatable bonds is 6. The highest BCUT2D eigenvalue weighted by molar-refractivity contribution is 7.89. The third kappa shape index (κ3) is 5.77. The van der Waals surface area contributed by atoms with Gasteiger partial charge in [-0.15, -0.1) is 0 Å². The number of carboxylic acids is 1. The Balaban J connectivity index is 2.45. The molecule has 0 saturated heterocycles. The summed E-state index contributed by atoms with van der Waals surface area (Å²) in [5.41, 5.74) is 0.622. The van der Waals surface area contributed by atoms with Gasteiger partial charge in [-0.1, -0.05) is 12.1 Å². The molecule has 1 aromatic rings. The highest BCUT2D eigenvalue weighted by Gasteiger charge is 2.13. The fraction of sp³-hybridized carbons (Fsp3) is 0.273. The maximum absolute atomic E-state index is 11.3. The van der Waals surface area contributed by atoms with E-state index in [9.17, 15) is 18.0 Å². The average molecular weight is 317 g/mol. The summed E-state index contributed by atoms with van der Waals surface area (Å²) in [5, 5.41) is 26.9. The molecule has 1 unspecified atom stereocenters. The van der Waals surface area contributed by atoms with E-state index in [0.29, 0.717) is 5.56 Å². The molecule has 0 spiro atoms. The predicted molar refractivity (Wildman–Crippen MR) is 71.7 cm³/mol. The molecule has 0 heterocycles. The third-order valence-corrected chi connectivity index (χ3v) is 3.38. The molecular weight excluding hydrogens is 302 g/mol. The lowest BCUT2D eigenvalue weighted by Crippen LogP contribution is -2.41. The second kappa shape index (κ2) is 7.02. The first-order valence-electron chi connectivity index (χ1n) is 5.74. The van der Waals surface area contributed by atoms with Crippen molar-refractivity contribution >= 4 is 22.0 Å². The number of benzene rings is 1. The van der Waals surface area contributed by atoms with Gasteiger partial charge in [0.1, 0.15) is 0 Å². The number of urea groups is 1. The van der Waals surface area contributed by atoms with Crippen LogP contribution in [0.4, 0.5) is 4.79 Å². The van der Waals surface area contributed by atoms with Gasteiger partial charge in [0.25, 0.3) is 0 Å². The first-order valence-corrected chi connectivity index (χ1v) is 7.29. The molecule has 9 nitrogen and oxygen atoms in total. The van der Waals surface area contributed by atoms with Crippen molar-refractivity contribution in [2.45, 2.75) is 17.5 Å². The van der Waals surface area contributed by atoms with Gasteiger partial charge in [0.2, 0.25) is 10.0 Å². The fourth-order valence-electron chi connectivity index (χ4n) is 1.32. The molecule has 0 saturated carbocycles. The molecule has 0 radical (unpaired) electrons. The number of primary sulfonamides is 1. The maximum Gasteiger partial charge on any atom is 0.334 e. The van der Waals surface area contributed by atoms with Gasteiger partial charge in [0.15, 0.2) is 6.10 Å². The van der Waals surface area contributed by atoms with Crippen molar-refractivity contribution in [1.29, 1.82) is 0 Å². The number of nitrogens with one attached hydrogen (secondary N) is 2. The standard InChI is InChI=1S/C11H15N3O6S/c12-21(19,20)8-3-1-7(2-4-8)5-13-11(18)14-6-9(15)10(16)17/h1-4,9,15H,5-6H2,(H,16,17)(H2,12,19,20)(H2,13,14,18). The molecule has 1 atom stereocenters. The van der Waals surface area contributed by atoms with E-state index in [2.05, 4.69) is 10.6 Å². The SMILES string of the molecule is NS(=O)(=O)c1ccc(CNC(=O)NCC(O)C(=O)O)cc1. The first kappa shape index (κ1) is 16.9. The van der Waals surface area contributed by atoms with Gasteiger partial charge in [0, 0.05) is 6.54 Å². The van der Waals surface area contributed by atoms with Gasteiger partial charge in [-0.2, -0.15) is 0 Å². The quantitative estimate of drug-likeness (QED) is 0.433. The van der Waals surface area contributed by atoms with Crippen molar-refractivity contribution < 1.29 is 28.2 Å². The zero-order chi connectivity index (χ0) is 16.0. The van der Waals surface area contributed by atoms with Crippen molar-refractivity contribution in [1.82, 2.24) is 10.6 Å². The van der Waals surface area contributed by atoms with Gasteiger partial charge in [-0.3, -0.25) is 0 Å². The van der Waals surface area contributed by atoms with Crippen LogP contribution in [0, 0.1) is 0 Å². The minimum Gasteiger partial charge on any atom is -0.479 e. The largest absolute Gasteiger partial charge is 0.479 e. The number of carbonyl (C=O) groups excluding carboxylic acids is 1. The van der Waals surface area contributed by atoms with Crippen LogP contribution < -0.4 is 15.8 Å². The van der Waals surface area contributed by atoms with Crippen molar-refractivity contribution in [2.24, 2.45) is 5.14 Å². The Labute approximate surface area is 120 Å². The molecular formula is C11H15N3O6S. The number of aliphatic hydroxyl groups excluding tert-OH is 1. The highest BCUT2D eigenvalue weighted by Crippen LogP contribution is 2.08. The lowest BCUT2D eigenvalue weighted by molar-refractivity contribution is -0.146. The number of hydrogen-bond donors (Lipinski definition) is 5. The van der Waals surface area contributed by atoms with Crippen molar-refractivity contribution in [3.63, 3.8) is 0 Å². The predicted octanol–water partition coefficient (Wildman–Crippen LogP) is -1.42. The summed E-state index contributed by atoms with van der Waals surface area (Å²) in [6.45, 7) is -0.328. The Morgan fingerprint density at radius 1 is 1.19 bits per heavy atom. The first-order chi connectivity index (χ1) is 9.70. The van der Waals surface area contributed by atoms with Crippen LogP contribution in [-0.2, 0) is 21.4 Å². The molecule has 0 aliphatic rings. The molecule has 1 rings (SSSR count). The van der Waals surface area contributed by atoms with Crippen LogP contribution in [0.3, 0.4) is 0 Å². The van der Waals surface area contributed by atoms with E-state index in [4.69, 9.17) is 15.4 Å². The monoisotopic (exact) mass is 317 g/mol. The number of carboxylic acid groups (broad SMARTS) is 1. The normalized spacial score (nSPS) is 12.5. The second-order valence-electron chi connectivity index (χ2n) is 4.11. The van der Waals surface area contributed by atoms with Crippen LogP contribution in [-0.4, -0.2) is 43.3 Å². The lowest BCUT2D eigenvalue weighted by Gasteiger charge is -2.09. The van der Waals surface area contributed by atoms with Gasteiger partial charge < -0.3 is 20.8 Å². The second-order valence-corrected chi connectivity index (χ2v) is 5.67. The minimum atomic E-state index is -3.76. The van der Waals surface area contributed by atoms with Crippen molar-refractivity contribution in [2.75, 3.05) is 6.54 Å². The Bertz CT molecular complexity index is 613. The summed E-state index contributed by atoms with van der Waals surface area (Å²) in [4.78, 5) is 21.6. The van der Waals surface area contributed by atoms with Gasteiger partial charge >= 0.3 is 12.0 Å². The average Bonchev–Trinajstić information content (AvgIpc) is 2.41. The van der Waals surface area contributed by atoms with Gasteiger partial charge in [-0.25, -0.2) is 23.1 Å². The number of aliphatic carboxylic acids is 1. The summed E-state index contributed by atoms with van der Waals surface area (Å²) in [6, 6.07) is 4.90.